The molecule has 0 aliphatic rings. The molecule has 0 heterocycles. The molecule has 0 aliphatic carbocycles. The van der Waals surface area contributed by atoms with Gasteiger partial charge in [0.2, 0.25) is 0 Å². The van der Waals surface area contributed by atoms with Crippen molar-refractivity contribution in [2.75, 3.05) is 6.61 Å². The Morgan fingerprint density at radius 1 is 1.33 bits per heavy atom. The summed E-state index contributed by atoms with van der Waals surface area (Å²) in [5, 5.41) is 0. The SMILES string of the molecule is C=CCOC(=O)C(=O)c1ccc(Br)cc1. The third-order valence-electron chi connectivity index (χ3n) is 1.62. The van der Waals surface area contributed by atoms with Gasteiger partial charge < -0.3 is 4.74 Å². The number of hydrogen-bond acceptors (Lipinski definition) is 3. The van der Waals surface area contributed by atoms with Crippen LogP contribution in [0.1, 0.15) is 10.4 Å². The van der Waals surface area contributed by atoms with E-state index in [1.807, 2.05) is 0 Å². The van der Waals surface area contributed by atoms with Gasteiger partial charge in [-0.05, 0) is 24.3 Å². The van der Waals surface area contributed by atoms with E-state index in [1.54, 1.807) is 24.3 Å². The molecule has 0 saturated carbocycles. The molecule has 1 rings (SSSR count). The number of esters is 1. The Morgan fingerprint density at radius 2 is 1.93 bits per heavy atom. The monoisotopic (exact) mass is 268 g/mol. The summed E-state index contributed by atoms with van der Waals surface area (Å²) in [4.78, 5) is 22.6. The Labute approximate surface area is 95.9 Å². The molecule has 0 aliphatic heterocycles. The second-order valence-electron chi connectivity index (χ2n) is 2.72. The Kier molecular flexibility index (Phi) is 4.24. The van der Waals surface area contributed by atoms with Gasteiger partial charge in [-0.15, -0.1) is 0 Å². The van der Waals surface area contributed by atoms with Crippen molar-refractivity contribution in [3.05, 3.63) is 47.0 Å². The molecule has 1 aromatic carbocycles. The number of rotatable bonds is 4. The van der Waals surface area contributed by atoms with E-state index in [2.05, 4.69) is 27.2 Å². The molecule has 15 heavy (non-hydrogen) atoms. The number of benzene rings is 1. The van der Waals surface area contributed by atoms with Gasteiger partial charge in [-0.1, -0.05) is 28.6 Å². The molecule has 1 aromatic rings. The molecule has 0 spiro atoms. The van der Waals surface area contributed by atoms with Crippen LogP contribution in [0.5, 0.6) is 0 Å². The number of halogens is 1. The number of hydrogen-bond donors (Lipinski definition) is 0. The molecule has 0 amide bonds. The summed E-state index contributed by atoms with van der Waals surface area (Å²) >= 11 is 3.23. The first kappa shape index (κ1) is 11.7. The number of carbonyl (C=O) groups is 2. The molecular formula is C11H9BrO3. The predicted molar refractivity (Wildman–Crippen MR) is 59.6 cm³/mol. The van der Waals surface area contributed by atoms with E-state index >= 15 is 0 Å². The lowest BCUT2D eigenvalue weighted by atomic mass is 10.1. The molecule has 0 radical (unpaired) electrons. The molecule has 78 valence electrons. The van der Waals surface area contributed by atoms with E-state index in [9.17, 15) is 9.59 Å². The minimum atomic E-state index is -0.864. The molecule has 0 bridgehead atoms. The summed E-state index contributed by atoms with van der Waals surface area (Å²) in [5.41, 5.74) is 0.312. The predicted octanol–water partition coefficient (Wildman–Crippen LogP) is 2.36. The van der Waals surface area contributed by atoms with Gasteiger partial charge in [0.15, 0.2) is 0 Å². The number of ether oxygens (including phenoxy) is 1. The average molecular weight is 269 g/mol. The van der Waals surface area contributed by atoms with Crippen molar-refractivity contribution in [2.24, 2.45) is 0 Å². The van der Waals surface area contributed by atoms with E-state index < -0.39 is 11.8 Å². The van der Waals surface area contributed by atoms with Gasteiger partial charge in [-0.25, -0.2) is 4.79 Å². The van der Waals surface area contributed by atoms with Crippen LogP contribution in [0.4, 0.5) is 0 Å². The molecule has 0 N–H and O–H groups in total. The zero-order chi connectivity index (χ0) is 11.3. The largest absolute Gasteiger partial charge is 0.455 e. The zero-order valence-corrected chi connectivity index (χ0v) is 9.49. The summed E-state index contributed by atoms with van der Waals surface area (Å²) < 4.78 is 5.47. The maximum absolute atomic E-state index is 11.4. The maximum Gasteiger partial charge on any atom is 0.379 e. The lowest BCUT2D eigenvalue weighted by molar-refractivity contribution is -0.136. The van der Waals surface area contributed by atoms with E-state index in [4.69, 9.17) is 0 Å². The van der Waals surface area contributed by atoms with E-state index in [-0.39, 0.29) is 6.61 Å². The summed E-state index contributed by atoms with van der Waals surface area (Å²) in [6.45, 7) is 3.42. The van der Waals surface area contributed by atoms with E-state index in [0.717, 1.165) is 4.47 Å². The van der Waals surface area contributed by atoms with Crippen LogP contribution < -0.4 is 0 Å². The maximum atomic E-state index is 11.4. The summed E-state index contributed by atoms with van der Waals surface area (Å²) in [6, 6.07) is 6.49. The molecule has 0 saturated heterocycles. The fourth-order valence-electron chi connectivity index (χ4n) is 0.919. The van der Waals surface area contributed by atoms with Gasteiger partial charge in [0.05, 0.1) is 0 Å². The highest BCUT2D eigenvalue weighted by Gasteiger charge is 2.16. The van der Waals surface area contributed by atoms with Gasteiger partial charge in [0.25, 0.3) is 5.78 Å². The standard InChI is InChI=1S/C11H9BrO3/c1-2-7-15-11(14)10(13)8-3-5-9(12)6-4-8/h2-6H,1,7H2. The average Bonchev–Trinajstić information content (AvgIpc) is 2.26. The lowest BCUT2D eigenvalue weighted by Crippen LogP contribution is -2.17. The highest BCUT2D eigenvalue weighted by Crippen LogP contribution is 2.11. The van der Waals surface area contributed by atoms with Crippen molar-refractivity contribution in [3.63, 3.8) is 0 Å². The normalized spacial score (nSPS) is 9.40. The second-order valence-corrected chi connectivity index (χ2v) is 3.64. The highest BCUT2D eigenvalue weighted by molar-refractivity contribution is 9.10. The van der Waals surface area contributed by atoms with Crippen LogP contribution in [0.15, 0.2) is 41.4 Å². The molecule has 3 nitrogen and oxygen atoms in total. The van der Waals surface area contributed by atoms with Crippen LogP contribution in [0, 0.1) is 0 Å². The molecule has 0 unspecified atom stereocenters. The first-order chi connectivity index (χ1) is 7.15. The van der Waals surface area contributed by atoms with Crippen LogP contribution >= 0.6 is 15.9 Å². The van der Waals surface area contributed by atoms with Gasteiger partial charge in [0.1, 0.15) is 6.61 Å². The van der Waals surface area contributed by atoms with Crippen molar-refractivity contribution >= 4 is 27.7 Å². The fourth-order valence-corrected chi connectivity index (χ4v) is 1.18. The van der Waals surface area contributed by atoms with Gasteiger partial charge in [0, 0.05) is 10.0 Å². The quantitative estimate of drug-likeness (QED) is 0.365. The van der Waals surface area contributed by atoms with E-state index in [0.29, 0.717) is 5.56 Å². The topological polar surface area (TPSA) is 43.4 Å². The number of Topliss-reactive ketones (excluding diaryl/α,β-unsaturated/α-hetero) is 1. The Hall–Kier alpha value is -1.42. The first-order valence-electron chi connectivity index (χ1n) is 4.23. The second kappa shape index (κ2) is 5.46. The Balaban J connectivity index is 2.72. The Bertz CT molecular complexity index is 381. The number of carbonyl (C=O) groups excluding carboxylic acids is 2. The zero-order valence-electron chi connectivity index (χ0n) is 7.90. The minimum absolute atomic E-state index is 0.0428. The van der Waals surface area contributed by atoms with E-state index in [1.165, 1.54) is 6.08 Å². The summed E-state index contributed by atoms with van der Waals surface area (Å²) in [7, 11) is 0. The number of ketones is 1. The van der Waals surface area contributed by atoms with Crippen LogP contribution in [0.3, 0.4) is 0 Å². The van der Waals surface area contributed by atoms with Crippen LogP contribution in [0.2, 0.25) is 0 Å². The van der Waals surface area contributed by atoms with Crippen LogP contribution in [0.25, 0.3) is 0 Å². The molecule has 0 fully saturated rings. The molecule has 0 aromatic heterocycles. The van der Waals surface area contributed by atoms with Crippen molar-refractivity contribution in [2.45, 2.75) is 0 Å². The molecule has 0 atom stereocenters. The summed E-state index contributed by atoms with van der Waals surface area (Å²) in [6.07, 6.45) is 1.41. The minimum Gasteiger partial charge on any atom is -0.455 e. The van der Waals surface area contributed by atoms with Gasteiger partial charge in [-0.2, -0.15) is 0 Å². The third-order valence-corrected chi connectivity index (χ3v) is 2.15. The highest BCUT2D eigenvalue weighted by atomic mass is 79.9. The fraction of sp³-hybridized carbons (Fsp3) is 0.0909. The van der Waals surface area contributed by atoms with Crippen molar-refractivity contribution in [1.29, 1.82) is 0 Å². The smallest absolute Gasteiger partial charge is 0.379 e. The van der Waals surface area contributed by atoms with Crippen molar-refractivity contribution < 1.29 is 14.3 Å². The molecule has 4 heteroatoms. The van der Waals surface area contributed by atoms with Gasteiger partial charge >= 0.3 is 5.97 Å². The van der Waals surface area contributed by atoms with Crippen LogP contribution in [-0.4, -0.2) is 18.4 Å². The van der Waals surface area contributed by atoms with Crippen molar-refractivity contribution in [3.8, 4) is 0 Å². The molecular weight excluding hydrogens is 260 g/mol. The Morgan fingerprint density at radius 3 is 2.47 bits per heavy atom. The first-order valence-corrected chi connectivity index (χ1v) is 5.02. The lowest BCUT2D eigenvalue weighted by Gasteiger charge is -2.00. The third kappa shape index (κ3) is 3.32. The van der Waals surface area contributed by atoms with Crippen molar-refractivity contribution in [1.82, 2.24) is 0 Å². The van der Waals surface area contributed by atoms with Crippen LogP contribution in [-0.2, 0) is 9.53 Å². The summed E-state index contributed by atoms with van der Waals surface area (Å²) in [5.74, 6) is -1.51. The van der Waals surface area contributed by atoms with Gasteiger partial charge in [-0.3, -0.25) is 4.79 Å².